The number of aryl methyl sites for hydroxylation is 1. The summed E-state index contributed by atoms with van der Waals surface area (Å²) in [4.78, 5) is 18.6. The van der Waals surface area contributed by atoms with Gasteiger partial charge in [-0.1, -0.05) is 22.9 Å². The van der Waals surface area contributed by atoms with Crippen LogP contribution < -0.4 is 5.11 Å². The molecule has 0 amide bonds. The molecule has 0 unspecified atom stereocenters. The molecular weight excluding hydrogens is 362 g/mol. The van der Waals surface area contributed by atoms with Gasteiger partial charge in [0.05, 0.1) is 22.1 Å². The first-order valence-corrected chi connectivity index (χ1v) is 8.52. The number of aromatic carboxylic acids is 1. The van der Waals surface area contributed by atoms with E-state index in [9.17, 15) is 9.90 Å². The molecule has 0 spiro atoms. The summed E-state index contributed by atoms with van der Waals surface area (Å²) in [6, 6.07) is 9.52. The third kappa shape index (κ3) is 2.55. The van der Waals surface area contributed by atoms with Crippen molar-refractivity contribution in [1.82, 2.24) is 4.98 Å². The van der Waals surface area contributed by atoms with Gasteiger partial charge in [0.15, 0.2) is 0 Å². The van der Waals surface area contributed by atoms with Crippen molar-refractivity contribution in [3.63, 3.8) is 0 Å². The van der Waals surface area contributed by atoms with Crippen molar-refractivity contribution in [2.75, 3.05) is 0 Å². The highest BCUT2D eigenvalue weighted by atomic mass is 79.9. The number of benzene rings is 1. The molecular formula is C17H13BrNO2S-. The number of pyridine rings is 1. The van der Waals surface area contributed by atoms with Crippen molar-refractivity contribution < 1.29 is 9.90 Å². The molecule has 3 aromatic rings. The van der Waals surface area contributed by atoms with E-state index in [0.29, 0.717) is 16.5 Å². The molecule has 0 aliphatic rings. The molecule has 5 heteroatoms. The second kappa shape index (κ2) is 5.82. The highest BCUT2D eigenvalue weighted by Gasteiger charge is 2.15. The molecule has 3 rings (SSSR count). The van der Waals surface area contributed by atoms with Crippen LogP contribution in [0.25, 0.3) is 21.5 Å². The minimum Gasteiger partial charge on any atom is -0.545 e. The van der Waals surface area contributed by atoms with Crippen LogP contribution >= 0.6 is 27.3 Å². The van der Waals surface area contributed by atoms with Crippen LogP contribution in [0.1, 0.15) is 27.7 Å². The van der Waals surface area contributed by atoms with Crippen LogP contribution in [-0.2, 0) is 6.42 Å². The van der Waals surface area contributed by atoms with Crippen LogP contribution in [0.5, 0.6) is 0 Å². The smallest absolute Gasteiger partial charge is 0.0845 e. The molecule has 0 N–H and O–H groups in total. The lowest BCUT2D eigenvalue weighted by molar-refractivity contribution is -0.254. The number of halogens is 1. The topological polar surface area (TPSA) is 53.0 Å². The normalized spacial score (nSPS) is 11.0. The predicted molar refractivity (Wildman–Crippen MR) is 91.2 cm³/mol. The Morgan fingerprint density at radius 3 is 2.73 bits per heavy atom. The summed E-state index contributed by atoms with van der Waals surface area (Å²) in [6.07, 6.45) is 0.956. The monoisotopic (exact) mass is 374 g/mol. The summed E-state index contributed by atoms with van der Waals surface area (Å²) in [7, 11) is 0. The van der Waals surface area contributed by atoms with Crippen LogP contribution in [0.2, 0.25) is 0 Å². The first kappa shape index (κ1) is 15.2. The number of rotatable bonds is 3. The Balaban J connectivity index is 2.34. The van der Waals surface area contributed by atoms with Gasteiger partial charge in [-0.05, 0) is 49.2 Å². The molecule has 0 bridgehead atoms. The summed E-state index contributed by atoms with van der Waals surface area (Å²) < 4.78 is 0.820. The van der Waals surface area contributed by atoms with E-state index in [1.54, 1.807) is 24.3 Å². The molecule has 22 heavy (non-hydrogen) atoms. The highest BCUT2D eigenvalue weighted by Crippen LogP contribution is 2.34. The van der Waals surface area contributed by atoms with E-state index in [1.807, 2.05) is 18.2 Å². The molecule has 2 aromatic heterocycles. The van der Waals surface area contributed by atoms with Gasteiger partial charge in [0.25, 0.3) is 0 Å². The second-order valence-electron chi connectivity index (χ2n) is 5.03. The molecule has 112 valence electrons. The lowest BCUT2D eigenvalue weighted by atomic mass is 10.0. The molecule has 0 saturated carbocycles. The summed E-state index contributed by atoms with van der Waals surface area (Å²) >= 11 is 5.02. The number of aromatic nitrogens is 1. The lowest BCUT2D eigenvalue weighted by Gasteiger charge is -2.14. The van der Waals surface area contributed by atoms with Crippen molar-refractivity contribution in [3.05, 3.63) is 50.8 Å². The van der Waals surface area contributed by atoms with E-state index >= 15 is 0 Å². The SMILES string of the molecule is CCc1ccc(-c2nc3ccc(Br)cc3c(C(=O)[O-])c2C)s1. The predicted octanol–water partition coefficient (Wildman–Crippen LogP) is 3.96. The Kier molecular flexibility index (Phi) is 4.02. The molecule has 2 heterocycles. The summed E-state index contributed by atoms with van der Waals surface area (Å²) in [5.41, 5.74) is 2.25. The molecule has 1 aromatic carbocycles. The molecule has 0 aliphatic carbocycles. The van der Waals surface area contributed by atoms with E-state index in [2.05, 4.69) is 33.9 Å². The van der Waals surface area contributed by atoms with Crippen molar-refractivity contribution in [2.24, 2.45) is 0 Å². The third-order valence-electron chi connectivity index (χ3n) is 3.64. The van der Waals surface area contributed by atoms with Crippen molar-refractivity contribution in [3.8, 4) is 10.6 Å². The Morgan fingerprint density at radius 2 is 2.09 bits per heavy atom. The molecule has 0 fully saturated rings. The van der Waals surface area contributed by atoms with Gasteiger partial charge in [0.2, 0.25) is 0 Å². The number of hydrogen-bond acceptors (Lipinski definition) is 4. The Labute approximate surface area is 140 Å². The minimum atomic E-state index is -1.17. The van der Waals surface area contributed by atoms with Gasteiger partial charge in [-0.25, -0.2) is 4.98 Å². The van der Waals surface area contributed by atoms with Gasteiger partial charge in [-0.3, -0.25) is 0 Å². The number of thiophene rings is 1. The van der Waals surface area contributed by atoms with Crippen molar-refractivity contribution >= 4 is 44.1 Å². The van der Waals surface area contributed by atoms with E-state index in [1.165, 1.54) is 4.88 Å². The molecule has 0 saturated heterocycles. The third-order valence-corrected chi connectivity index (χ3v) is 5.37. The average Bonchev–Trinajstić information content (AvgIpc) is 2.94. The number of fused-ring (bicyclic) bond motifs is 1. The number of nitrogens with zero attached hydrogens (tertiary/aromatic N) is 1. The minimum absolute atomic E-state index is 0.216. The second-order valence-corrected chi connectivity index (χ2v) is 7.11. The fraction of sp³-hybridized carbons (Fsp3) is 0.176. The summed E-state index contributed by atoms with van der Waals surface area (Å²) in [6.45, 7) is 3.89. The fourth-order valence-corrected chi connectivity index (χ4v) is 3.88. The summed E-state index contributed by atoms with van der Waals surface area (Å²) in [5.74, 6) is -1.17. The number of carbonyl (C=O) groups is 1. The zero-order chi connectivity index (χ0) is 15.9. The maximum Gasteiger partial charge on any atom is 0.0845 e. The number of carbonyl (C=O) groups excluding carboxylic acids is 1. The zero-order valence-electron chi connectivity index (χ0n) is 12.1. The van der Waals surface area contributed by atoms with Gasteiger partial charge in [0.1, 0.15) is 0 Å². The van der Waals surface area contributed by atoms with E-state index < -0.39 is 5.97 Å². The highest BCUT2D eigenvalue weighted by molar-refractivity contribution is 9.10. The van der Waals surface area contributed by atoms with Gasteiger partial charge in [-0.2, -0.15) is 0 Å². The number of carboxylic acid groups (broad SMARTS) is 1. The fourth-order valence-electron chi connectivity index (χ4n) is 2.53. The average molecular weight is 375 g/mol. The van der Waals surface area contributed by atoms with E-state index in [0.717, 1.165) is 21.5 Å². The standard InChI is InChI=1S/C17H14BrNO2S/c1-3-11-5-7-14(22-11)16-9(2)15(17(20)21)12-8-10(18)4-6-13(12)19-16/h4-8H,3H2,1-2H3,(H,20,21)/p-1. The maximum absolute atomic E-state index is 11.6. The number of hydrogen-bond donors (Lipinski definition) is 0. The van der Waals surface area contributed by atoms with Crippen LogP contribution in [-0.4, -0.2) is 11.0 Å². The quantitative estimate of drug-likeness (QED) is 0.696. The van der Waals surface area contributed by atoms with Gasteiger partial charge in [0, 0.05) is 20.3 Å². The van der Waals surface area contributed by atoms with Crippen LogP contribution in [0, 0.1) is 6.92 Å². The Hall–Kier alpha value is -1.72. The summed E-state index contributed by atoms with van der Waals surface area (Å²) in [5, 5.41) is 12.2. The maximum atomic E-state index is 11.6. The first-order chi connectivity index (χ1) is 10.5. The van der Waals surface area contributed by atoms with Gasteiger partial charge < -0.3 is 9.90 Å². The van der Waals surface area contributed by atoms with Gasteiger partial charge in [-0.15, -0.1) is 11.3 Å². The molecule has 0 aliphatic heterocycles. The van der Waals surface area contributed by atoms with E-state index in [-0.39, 0.29) is 5.56 Å². The number of carboxylic acids is 1. The molecule has 0 atom stereocenters. The van der Waals surface area contributed by atoms with Crippen molar-refractivity contribution in [1.29, 1.82) is 0 Å². The Bertz CT molecular complexity index is 886. The Morgan fingerprint density at radius 1 is 1.32 bits per heavy atom. The molecule has 0 radical (unpaired) electrons. The van der Waals surface area contributed by atoms with Crippen LogP contribution in [0.4, 0.5) is 0 Å². The first-order valence-electron chi connectivity index (χ1n) is 6.91. The van der Waals surface area contributed by atoms with Crippen molar-refractivity contribution in [2.45, 2.75) is 20.3 Å². The van der Waals surface area contributed by atoms with Gasteiger partial charge >= 0.3 is 0 Å². The zero-order valence-corrected chi connectivity index (χ0v) is 14.5. The van der Waals surface area contributed by atoms with Crippen LogP contribution in [0.3, 0.4) is 0 Å². The largest absolute Gasteiger partial charge is 0.545 e. The lowest BCUT2D eigenvalue weighted by Crippen LogP contribution is -2.24. The van der Waals surface area contributed by atoms with E-state index in [4.69, 9.17) is 0 Å². The molecule has 3 nitrogen and oxygen atoms in total. The van der Waals surface area contributed by atoms with Crippen LogP contribution in [0.15, 0.2) is 34.8 Å².